The summed E-state index contributed by atoms with van der Waals surface area (Å²) in [4.78, 5) is 29.4. The number of aromatic amines is 1. The molecule has 31 heavy (non-hydrogen) atoms. The van der Waals surface area contributed by atoms with Crippen molar-refractivity contribution < 1.29 is 13.6 Å². The van der Waals surface area contributed by atoms with Crippen molar-refractivity contribution in [3.05, 3.63) is 68.8 Å². The lowest BCUT2D eigenvalue weighted by atomic mass is 9.97. The van der Waals surface area contributed by atoms with Crippen LogP contribution in [0.5, 0.6) is 0 Å². The third-order valence-electron chi connectivity index (χ3n) is 6.95. The molecule has 0 bridgehead atoms. The summed E-state index contributed by atoms with van der Waals surface area (Å²) in [5.74, 6) is -3.15. The van der Waals surface area contributed by atoms with Gasteiger partial charge in [0.15, 0.2) is 0 Å². The van der Waals surface area contributed by atoms with E-state index in [-0.39, 0.29) is 29.0 Å². The predicted molar refractivity (Wildman–Crippen MR) is 115 cm³/mol. The molecule has 2 aliphatic rings. The van der Waals surface area contributed by atoms with Crippen LogP contribution in [0.15, 0.2) is 35.4 Å². The maximum absolute atomic E-state index is 14.2. The standard InChI is InChI=1S/C24H25F2N3O2/c1-13-11-27-20-17(12-29(22(31)19(13)20)23(3)9-10-23)21(30)28-14(2)15-5-4-6-18-16(15)7-8-24(18,25)26/h4-6,11-12,14,27H,7-10H2,1-3H3,(H,28,30)/t14-/m1/s1. The van der Waals surface area contributed by atoms with E-state index in [2.05, 4.69) is 10.3 Å². The number of aryl methyl sites for hydroxylation is 1. The van der Waals surface area contributed by atoms with Crippen LogP contribution in [-0.4, -0.2) is 15.5 Å². The Morgan fingerprint density at radius 1 is 1.26 bits per heavy atom. The number of rotatable bonds is 4. The van der Waals surface area contributed by atoms with Crippen LogP contribution in [0.2, 0.25) is 0 Å². The first-order chi connectivity index (χ1) is 14.6. The number of H-pyrrole nitrogens is 1. The zero-order valence-corrected chi connectivity index (χ0v) is 17.8. The normalized spacial score (nSPS) is 19.3. The molecule has 2 heterocycles. The van der Waals surface area contributed by atoms with Crippen molar-refractivity contribution >= 4 is 16.8 Å². The average molecular weight is 425 g/mol. The van der Waals surface area contributed by atoms with Crippen molar-refractivity contribution in [3.8, 4) is 0 Å². The number of nitrogens with one attached hydrogen (secondary N) is 2. The molecule has 2 aliphatic carbocycles. The highest BCUT2D eigenvalue weighted by Gasteiger charge is 2.42. The third-order valence-corrected chi connectivity index (χ3v) is 6.95. The second-order valence-corrected chi connectivity index (χ2v) is 9.21. The quantitative estimate of drug-likeness (QED) is 0.638. The summed E-state index contributed by atoms with van der Waals surface area (Å²) in [6.07, 6.45) is 5.25. The molecule has 0 spiro atoms. The molecule has 1 saturated carbocycles. The Balaban J connectivity index is 1.53. The van der Waals surface area contributed by atoms with Crippen LogP contribution in [0.25, 0.3) is 10.9 Å². The van der Waals surface area contributed by atoms with E-state index >= 15 is 0 Å². The number of amides is 1. The fourth-order valence-electron chi connectivity index (χ4n) is 4.78. The van der Waals surface area contributed by atoms with Gasteiger partial charge < -0.3 is 14.9 Å². The fourth-order valence-corrected chi connectivity index (χ4v) is 4.78. The summed E-state index contributed by atoms with van der Waals surface area (Å²) in [6, 6.07) is 4.44. The lowest BCUT2D eigenvalue weighted by molar-refractivity contribution is -0.00185. The highest BCUT2D eigenvalue weighted by molar-refractivity contribution is 6.06. The molecule has 1 amide bonds. The molecule has 2 aromatic heterocycles. The number of pyridine rings is 1. The van der Waals surface area contributed by atoms with Crippen molar-refractivity contribution in [2.45, 2.75) is 64.0 Å². The first kappa shape index (κ1) is 20.0. The van der Waals surface area contributed by atoms with Crippen LogP contribution in [-0.2, 0) is 17.9 Å². The van der Waals surface area contributed by atoms with E-state index in [9.17, 15) is 18.4 Å². The van der Waals surface area contributed by atoms with Crippen LogP contribution in [0, 0.1) is 6.92 Å². The van der Waals surface area contributed by atoms with Gasteiger partial charge in [0, 0.05) is 29.9 Å². The van der Waals surface area contributed by atoms with E-state index in [0.29, 0.717) is 34.0 Å². The Morgan fingerprint density at radius 2 is 2.00 bits per heavy atom. The van der Waals surface area contributed by atoms with Crippen LogP contribution < -0.4 is 10.9 Å². The number of alkyl halides is 2. The minimum atomic E-state index is -2.82. The minimum Gasteiger partial charge on any atom is -0.360 e. The molecule has 2 N–H and O–H groups in total. The summed E-state index contributed by atoms with van der Waals surface area (Å²) in [5, 5.41) is 3.49. The van der Waals surface area contributed by atoms with E-state index in [1.807, 2.05) is 13.8 Å². The number of carbonyl (C=O) groups is 1. The lowest BCUT2D eigenvalue weighted by Gasteiger charge is -2.20. The molecule has 7 heteroatoms. The van der Waals surface area contributed by atoms with Gasteiger partial charge in [0.25, 0.3) is 17.4 Å². The molecule has 1 fully saturated rings. The van der Waals surface area contributed by atoms with Gasteiger partial charge >= 0.3 is 0 Å². The van der Waals surface area contributed by atoms with E-state index in [0.717, 1.165) is 18.4 Å². The summed E-state index contributed by atoms with van der Waals surface area (Å²) in [6.45, 7) is 5.66. The third kappa shape index (κ3) is 3.01. The van der Waals surface area contributed by atoms with Gasteiger partial charge in [-0.3, -0.25) is 9.59 Å². The van der Waals surface area contributed by atoms with Gasteiger partial charge in [-0.15, -0.1) is 0 Å². The average Bonchev–Trinajstić information content (AvgIpc) is 3.22. The maximum Gasteiger partial charge on any atom is 0.273 e. The Bertz CT molecular complexity index is 1280. The number of nitrogens with zero attached hydrogens (tertiary/aromatic N) is 1. The molecular weight excluding hydrogens is 400 g/mol. The van der Waals surface area contributed by atoms with Gasteiger partial charge in [-0.05, 0) is 56.7 Å². The summed E-state index contributed by atoms with van der Waals surface area (Å²) < 4.78 is 30.0. The zero-order valence-electron chi connectivity index (χ0n) is 17.8. The van der Waals surface area contributed by atoms with Crippen molar-refractivity contribution in [1.82, 2.24) is 14.9 Å². The molecule has 5 nitrogen and oxygen atoms in total. The Morgan fingerprint density at radius 3 is 2.71 bits per heavy atom. The number of hydrogen-bond donors (Lipinski definition) is 2. The fraction of sp³-hybridized carbons (Fsp3) is 0.417. The van der Waals surface area contributed by atoms with Crippen molar-refractivity contribution in [1.29, 1.82) is 0 Å². The van der Waals surface area contributed by atoms with Gasteiger partial charge in [-0.1, -0.05) is 18.2 Å². The van der Waals surface area contributed by atoms with E-state index < -0.39 is 12.0 Å². The van der Waals surface area contributed by atoms with E-state index in [1.54, 1.807) is 36.0 Å². The number of benzene rings is 1. The highest BCUT2D eigenvalue weighted by atomic mass is 19.3. The SMILES string of the molecule is Cc1c[nH]c2c(C(=O)N[C@H](C)c3cccc4c3CCC4(F)F)cn(C3(C)CC3)c(=O)c12. The Hall–Kier alpha value is -2.96. The smallest absolute Gasteiger partial charge is 0.273 e. The summed E-state index contributed by atoms with van der Waals surface area (Å²) >= 11 is 0. The Kier molecular flexibility index (Phi) is 4.20. The van der Waals surface area contributed by atoms with Crippen molar-refractivity contribution in [3.63, 3.8) is 0 Å². The summed E-state index contributed by atoms with van der Waals surface area (Å²) in [5.41, 5.74) is 2.73. The maximum atomic E-state index is 14.2. The number of halogens is 2. The second kappa shape index (κ2) is 6.52. The molecule has 0 aliphatic heterocycles. The second-order valence-electron chi connectivity index (χ2n) is 9.21. The molecule has 162 valence electrons. The van der Waals surface area contributed by atoms with Gasteiger partial charge in [-0.2, -0.15) is 0 Å². The van der Waals surface area contributed by atoms with Gasteiger partial charge in [0.2, 0.25) is 0 Å². The topological polar surface area (TPSA) is 66.9 Å². The van der Waals surface area contributed by atoms with Crippen LogP contribution in [0.4, 0.5) is 8.78 Å². The first-order valence-electron chi connectivity index (χ1n) is 10.7. The van der Waals surface area contributed by atoms with Gasteiger partial charge in [0.1, 0.15) is 0 Å². The molecule has 5 rings (SSSR count). The predicted octanol–water partition coefficient (Wildman–Crippen LogP) is 4.68. The van der Waals surface area contributed by atoms with Gasteiger partial charge in [0.05, 0.1) is 22.5 Å². The largest absolute Gasteiger partial charge is 0.360 e. The van der Waals surface area contributed by atoms with E-state index in [1.165, 1.54) is 6.07 Å². The minimum absolute atomic E-state index is 0.0590. The zero-order chi connectivity index (χ0) is 22.1. The molecule has 0 radical (unpaired) electrons. The van der Waals surface area contributed by atoms with Crippen molar-refractivity contribution in [2.24, 2.45) is 0 Å². The molecule has 0 saturated heterocycles. The van der Waals surface area contributed by atoms with E-state index in [4.69, 9.17) is 0 Å². The van der Waals surface area contributed by atoms with Crippen LogP contribution >= 0.6 is 0 Å². The Labute approximate surface area is 178 Å². The van der Waals surface area contributed by atoms with Crippen LogP contribution in [0.1, 0.15) is 71.8 Å². The van der Waals surface area contributed by atoms with Crippen LogP contribution in [0.3, 0.4) is 0 Å². The summed E-state index contributed by atoms with van der Waals surface area (Å²) in [7, 11) is 0. The first-order valence-corrected chi connectivity index (χ1v) is 10.7. The monoisotopic (exact) mass is 425 g/mol. The van der Waals surface area contributed by atoms with Gasteiger partial charge in [-0.25, -0.2) is 8.78 Å². The molecule has 1 atom stereocenters. The number of fused-ring (bicyclic) bond motifs is 2. The molecule has 1 aromatic carbocycles. The lowest BCUT2D eigenvalue weighted by Crippen LogP contribution is -2.32. The molecule has 0 unspecified atom stereocenters. The number of hydrogen-bond acceptors (Lipinski definition) is 2. The molecule has 3 aromatic rings. The molecular formula is C24H25F2N3O2. The number of carbonyl (C=O) groups excluding carboxylic acids is 1. The van der Waals surface area contributed by atoms with Crippen molar-refractivity contribution in [2.75, 3.05) is 0 Å². The highest BCUT2D eigenvalue weighted by Crippen LogP contribution is 2.44. The number of aromatic nitrogens is 2.